The minimum Gasteiger partial charge on any atom is -0.378 e. The van der Waals surface area contributed by atoms with Crippen LogP contribution in [0, 0.1) is 5.92 Å². The summed E-state index contributed by atoms with van der Waals surface area (Å²) in [7, 11) is 1.81. The second-order valence-electron chi connectivity index (χ2n) is 6.23. The van der Waals surface area contributed by atoms with Gasteiger partial charge in [0.15, 0.2) is 0 Å². The first-order valence-electron chi connectivity index (χ1n) is 7.52. The Labute approximate surface area is 127 Å². The molecule has 21 heavy (non-hydrogen) atoms. The van der Waals surface area contributed by atoms with Crippen LogP contribution >= 0.6 is 0 Å². The summed E-state index contributed by atoms with van der Waals surface area (Å²) in [6.45, 7) is 4.37. The van der Waals surface area contributed by atoms with E-state index in [4.69, 9.17) is 4.74 Å². The van der Waals surface area contributed by atoms with Crippen molar-refractivity contribution in [2.24, 2.45) is 5.92 Å². The molecule has 0 amide bonds. The Morgan fingerprint density at radius 3 is 2.33 bits per heavy atom. The van der Waals surface area contributed by atoms with Gasteiger partial charge in [-0.2, -0.15) is 0 Å². The molecule has 0 aromatic heterocycles. The van der Waals surface area contributed by atoms with Gasteiger partial charge in [0.2, 0.25) is 0 Å². The van der Waals surface area contributed by atoms with Crippen molar-refractivity contribution >= 4 is 11.6 Å². The maximum Gasteiger partial charge on any atom is 0.0694 e. The topological polar surface area (TPSA) is 9.23 Å². The molecule has 0 saturated heterocycles. The van der Waals surface area contributed by atoms with Crippen molar-refractivity contribution in [1.82, 2.24) is 0 Å². The van der Waals surface area contributed by atoms with Crippen LogP contribution in [0.3, 0.4) is 0 Å². The summed E-state index contributed by atoms with van der Waals surface area (Å²) in [5.41, 5.74) is 5.23. The molecule has 1 nitrogen and oxygen atoms in total. The highest BCUT2D eigenvalue weighted by atomic mass is 16.5. The third-order valence-electron chi connectivity index (χ3n) is 4.64. The molecule has 1 atom stereocenters. The molecule has 1 unspecified atom stereocenters. The molecule has 1 aliphatic rings. The Kier molecular flexibility index (Phi) is 3.69. The summed E-state index contributed by atoms with van der Waals surface area (Å²) >= 11 is 0. The average molecular weight is 278 g/mol. The molecule has 108 valence electrons. The van der Waals surface area contributed by atoms with Crippen molar-refractivity contribution in [1.29, 1.82) is 0 Å². The zero-order valence-corrected chi connectivity index (χ0v) is 13.0. The molecule has 2 aromatic carbocycles. The standard InChI is InChI=1S/C20H22O/c1-20(2,21-3)19-14-17-12-8-7-11-16(17)13-18(19)15-9-5-4-6-10-15/h4-13,19H,14H2,1-3H3. The summed E-state index contributed by atoms with van der Waals surface area (Å²) < 4.78 is 5.80. The molecular weight excluding hydrogens is 256 g/mol. The zero-order chi connectivity index (χ0) is 14.9. The van der Waals surface area contributed by atoms with E-state index >= 15 is 0 Å². The van der Waals surface area contributed by atoms with Crippen molar-refractivity contribution in [3.05, 3.63) is 71.3 Å². The van der Waals surface area contributed by atoms with Gasteiger partial charge in [-0.25, -0.2) is 0 Å². The van der Waals surface area contributed by atoms with E-state index in [1.165, 1.54) is 22.3 Å². The first-order chi connectivity index (χ1) is 10.1. The lowest BCUT2D eigenvalue weighted by Gasteiger charge is -2.38. The monoisotopic (exact) mass is 278 g/mol. The highest BCUT2D eigenvalue weighted by Crippen LogP contribution is 2.41. The Morgan fingerprint density at radius 2 is 1.62 bits per heavy atom. The summed E-state index contributed by atoms with van der Waals surface area (Å²) in [6.07, 6.45) is 3.36. The van der Waals surface area contributed by atoms with Gasteiger partial charge < -0.3 is 4.74 Å². The van der Waals surface area contributed by atoms with Gasteiger partial charge in [0.05, 0.1) is 5.60 Å². The number of ether oxygens (including phenoxy) is 1. The SMILES string of the molecule is COC(C)(C)C1Cc2ccccc2C=C1c1ccccc1. The van der Waals surface area contributed by atoms with Crippen molar-refractivity contribution in [2.45, 2.75) is 25.9 Å². The fraction of sp³-hybridized carbons (Fsp3) is 0.300. The normalized spacial score (nSPS) is 18.0. The number of methoxy groups -OCH3 is 1. The molecule has 0 bridgehead atoms. The number of hydrogen-bond acceptors (Lipinski definition) is 1. The third kappa shape index (κ3) is 2.66. The predicted octanol–water partition coefficient (Wildman–Crippen LogP) is 4.82. The van der Waals surface area contributed by atoms with E-state index in [0.29, 0.717) is 5.92 Å². The van der Waals surface area contributed by atoms with Crippen LogP contribution in [0.15, 0.2) is 54.6 Å². The Bertz CT molecular complexity index is 653. The van der Waals surface area contributed by atoms with E-state index in [9.17, 15) is 0 Å². The number of benzene rings is 2. The molecule has 0 heterocycles. The summed E-state index contributed by atoms with van der Waals surface area (Å²) in [6, 6.07) is 19.3. The molecule has 0 N–H and O–H groups in total. The number of rotatable bonds is 3. The summed E-state index contributed by atoms with van der Waals surface area (Å²) in [5.74, 6) is 0.361. The van der Waals surface area contributed by atoms with Gasteiger partial charge in [0, 0.05) is 13.0 Å². The van der Waals surface area contributed by atoms with Crippen LogP contribution in [-0.4, -0.2) is 12.7 Å². The first-order valence-corrected chi connectivity index (χ1v) is 7.52. The van der Waals surface area contributed by atoms with Gasteiger partial charge in [-0.05, 0) is 42.5 Å². The number of fused-ring (bicyclic) bond motifs is 1. The zero-order valence-electron chi connectivity index (χ0n) is 13.0. The van der Waals surface area contributed by atoms with Gasteiger partial charge in [-0.1, -0.05) is 60.7 Å². The molecular formula is C20H22O. The first kappa shape index (κ1) is 14.1. The molecule has 0 saturated carbocycles. The maximum absolute atomic E-state index is 5.80. The van der Waals surface area contributed by atoms with Crippen LogP contribution in [0.1, 0.15) is 30.5 Å². The van der Waals surface area contributed by atoms with Gasteiger partial charge in [0.1, 0.15) is 0 Å². The Balaban J connectivity index is 2.13. The average Bonchev–Trinajstić information content (AvgIpc) is 2.54. The lowest BCUT2D eigenvalue weighted by molar-refractivity contribution is -0.00887. The lowest BCUT2D eigenvalue weighted by atomic mass is 9.73. The molecule has 3 rings (SSSR count). The maximum atomic E-state index is 5.80. The van der Waals surface area contributed by atoms with Crippen molar-refractivity contribution < 1.29 is 4.74 Å². The Morgan fingerprint density at radius 1 is 0.952 bits per heavy atom. The molecule has 0 aliphatic heterocycles. The molecule has 1 heteroatoms. The van der Waals surface area contributed by atoms with E-state index in [2.05, 4.69) is 74.5 Å². The fourth-order valence-corrected chi connectivity index (χ4v) is 3.14. The molecule has 0 radical (unpaired) electrons. The Hall–Kier alpha value is -1.86. The third-order valence-corrected chi connectivity index (χ3v) is 4.64. The van der Waals surface area contributed by atoms with Crippen molar-refractivity contribution in [3.8, 4) is 0 Å². The van der Waals surface area contributed by atoms with Crippen LogP contribution in [0.2, 0.25) is 0 Å². The molecule has 2 aromatic rings. The van der Waals surface area contributed by atoms with Crippen LogP contribution in [0.4, 0.5) is 0 Å². The van der Waals surface area contributed by atoms with Crippen molar-refractivity contribution in [2.75, 3.05) is 7.11 Å². The van der Waals surface area contributed by atoms with Crippen LogP contribution < -0.4 is 0 Å². The summed E-state index contributed by atoms with van der Waals surface area (Å²) in [5, 5.41) is 0. The predicted molar refractivity (Wildman–Crippen MR) is 89.0 cm³/mol. The van der Waals surface area contributed by atoms with Crippen LogP contribution in [0.25, 0.3) is 11.6 Å². The summed E-state index contributed by atoms with van der Waals surface area (Å²) in [4.78, 5) is 0. The second kappa shape index (κ2) is 5.50. The van der Waals surface area contributed by atoms with E-state index in [0.717, 1.165) is 6.42 Å². The van der Waals surface area contributed by atoms with Gasteiger partial charge in [-0.3, -0.25) is 0 Å². The quantitative estimate of drug-likeness (QED) is 0.781. The smallest absolute Gasteiger partial charge is 0.0694 e. The minimum absolute atomic E-state index is 0.185. The van der Waals surface area contributed by atoms with Gasteiger partial charge >= 0.3 is 0 Å². The molecule has 1 aliphatic carbocycles. The number of hydrogen-bond donors (Lipinski definition) is 0. The van der Waals surface area contributed by atoms with E-state index in [-0.39, 0.29) is 5.60 Å². The molecule has 0 spiro atoms. The highest BCUT2D eigenvalue weighted by molar-refractivity contribution is 5.86. The highest BCUT2D eigenvalue weighted by Gasteiger charge is 2.35. The van der Waals surface area contributed by atoms with Crippen LogP contribution in [-0.2, 0) is 11.2 Å². The van der Waals surface area contributed by atoms with E-state index in [1.807, 2.05) is 7.11 Å². The largest absolute Gasteiger partial charge is 0.378 e. The fourth-order valence-electron chi connectivity index (χ4n) is 3.14. The van der Waals surface area contributed by atoms with E-state index in [1.54, 1.807) is 0 Å². The van der Waals surface area contributed by atoms with Gasteiger partial charge in [0.25, 0.3) is 0 Å². The second-order valence-corrected chi connectivity index (χ2v) is 6.23. The van der Waals surface area contributed by atoms with Crippen LogP contribution in [0.5, 0.6) is 0 Å². The van der Waals surface area contributed by atoms with E-state index < -0.39 is 0 Å². The minimum atomic E-state index is -0.185. The van der Waals surface area contributed by atoms with Crippen molar-refractivity contribution in [3.63, 3.8) is 0 Å². The molecule has 0 fully saturated rings. The van der Waals surface area contributed by atoms with Gasteiger partial charge in [-0.15, -0.1) is 0 Å². The lowest BCUT2D eigenvalue weighted by Crippen LogP contribution is -2.36.